The fourth-order valence-corrected chi connectivity index (χ4v) is 4.12. The van der Waals surface area contributed by atoms with Gasteiger partial charge in [-0.1, -0.05) is 11.6 Å². The first-order valence-electron chi connectivity index (χ1n) is 9.11. The largest absolute Gasteiger partial charge is 0.375 e. The Bertz CT molecular complexity index is 899. The Morgan fingerprint density at radius 1 is 1.18 bits per heavy atom. The highest BCUT2D eigenvalue weighted by atomic mass is 35.5. The smallest absolute Gasteiger partial charge is 0.278 e. The molecule has 0 bridgehead atoms. The van der Waals surface area contributed by atoms with Crippen LogP contribution in [0.3, 0.4) is 0 Å². The first-order valence-corrected chi connectivity index (χ1v) is 9.49. The van der Waals surface area contributed by atoms with Gasteiger partial charge in [0.25, 0.3) is 5.92 Å². The van der Waals surface area contributed by atoms with Crippen LogP contribution in [0.2, 0.25) is 5.15 Å². The molecule has 4 rings (SSSR count). The van der Waals surface area contributed by atoms with Gasteiger partial charge in [0, 0.05) is 0 Å². The predicted octanol–water partition coefficient (Wildman–Crippen LogP) is 3.62. The summed E-state index contributed by atoms with van der Waals surface area (Å²) in [5.74, 6) is -5.34. The number of alkyl halides is 2. The van der Waals surface area contributed by atoms with Crippen LogP contribution >= 0.6 is 11.6 Å². The van der Waals surface area contributed by atoms with Crippen molar-refractivity contribution in [1.82, 2.24) is 19.5 Å². The Hall–Kier alpha value is -1.42. The van der Waals surface area contributed by atoms with Gasteiger partial charge in [-0.05, 0) is 34.6 Å². The van der Waals surface area contributed by atoms with Crippen molar-refractivity contribution in [2.75, 3.05) is 6.61 Å². The zero-order valence-electron chi connectivity index (χ0n) is 16.3. The van der Waals surface area contributed by atoms with Crippen LogP contribution < -0.4 is 0 Å². The molecule has 0 amide bonds. The summed E-state index contributed by atoms with van der Waals surface area (Å²) in [6.45, 7) is 8.75. The summed E-state index contributed by atoms with van der Waals surface area (Å²) in [7, 11) is 0. The zero-order valence-corrected chi connectivity index (χ0v) is 17.1. The molecule has 2 aliphatic rings. The maximum atomic E-state index is 15.6. The monoisotopic (exact) mass is 416 g/mol. The number of rotatable bonds is 3. The van der Waals surface area contributed by atoms with Crippen molar-refractivity contribution in [2.24, 2.45) is 5.92 Å². The van der Waals surface area contributed by atoms with Gasteiger partial charge >= 0.3 is 0 Å². The Kier molecular flexibility index (Phi) is 4.46. The van der Waals surface area contributed by atoms with E-state index in [9.17, 15) is 0 Å². The van der Waals surface area contributed by atoms with Crippen LogP contribution in [0.4, 0.5) is 8.78 Å². The van der Waals surface area contributed by atoms with Crippen molar-refractivity contribution in [3.8, 4) is 0 Å². The Morgan fingerprint density at radius 3 is 2.54 bits per heavy atom. The van der Waals surface area contributed by atoms with Crippen LogP contribution in [-0.2, 0) is 14.2 Å². The summed E-state index contributed by atoms with van der Waals surface area (Å²) < 4.78 is 50.1. The van der Waals surface area contributed by atoms with Gasteiger partial charge in [-0.2, -0.15) is 0 Å². The first-order chi connectivity index (χ1) is 12.9. The molecule has 0 radical (unpaired) electrons. The van der Waals surface area contributed by atoms with Crippen molar-refractivity contribution in [1.29, 1.82) is 0 Å². The molecule has 2 fully saturated rings. The zero-order chi connectivity index (χ0) is 20.5. The number of imidazole rings is 1. The number of nitrogens with zero attached hydrogens (tertiary/aromatic N) is 4. The van der Waals surface area contributed by atoms with E-state index in [4.69, 9.17) is 25.8 Å². The van der Waals surface area contributed by atoms with Gasteiger partial charge in [0.05, 0.1) is 24.5 Å². The summed E-state index contributed by atoms with van der Waals surface area (Å²) in [4.78, 5) is 12.1. The van der Waals surface area contributed by atoms with E-state index < -0.39 is 41.5 Å². The molecule has 7 nitrogen and oxygen atoms in total. The summed E-state index contributed by atoms with van der Waals surface area (Å²) in [6, 6.07) is -1.36. The molecule has 1 saturated carbocycles. The number of fused-ring (bicyclic) bond motifs is 2. The normalized spacial score (nSPS) is 31.4. The Morgan fingerprint density at radius 2 is 1.86 bits per heavy atom. The van der Waals surface area contributed by atoms with E-state index in [1.807, 2.05) is 20.8 Å². The molecule has 0 aromatic carbocycles. The van der Waals surface area contributed by atoms with Crippen LogP contribution in [0.5, 0.6) is 0 Å². The number of aromatic nitrogens is 4. The third-order valence-corrected chi connectivity index (χ3v) is 5.35. The van der Waals surface area contributed by atoms with Gasteiger partial charge in [0.1, 0.15) is 30.1 Å². The lowest BCUT2D eigenvalue weighted by Gasteiger charge is -2.32. The van der Waals surface area contributed by atoms with Crippen molar-refractivity contribution >= 4 is 22.8 Å². The number of ether oxygens (including phenoxy) is 3. The van der Waals surface area contributed by atoms with Crippen LogP contribution in [0, 0.1) is 5.92 Å². The molecule has 4 atom stereocenters. The van der Waals surface area contributed by atoms with Gasteiger partial charge in [0.15, 0.2) is 16.6 Å². The SMILES string of the molecule is CC(C)(C)OC[C@@H]1C2OC(C)(C)OC2[C@H](n2cnc3c(Cl)ncnc32)C1(F)F. The second-order valence-electron chi connectivity index (χ2n) is 8.70. The highest BCUT2D eigenvalue weighted by molar-refractivity contribution is 6.33. The first kappa shape index (κ1) is 19.9. The molecule has 28 heavy (non-hydrogen) atoms. The molecule has 3 heterocycles. The molecular formula is C18H23ClF2N4O3. The molecule has 2 aromatic heterocycles. The van der Waals surface area contributed by atoms with E-state index in [1.165, 1.54) is 17.2 Å². The summed E-state index contributed by atoms with van der Waals surface area (Å²) >= 11 is 6.04. The molecule has 0 spiro atoms. The van der Waals surface area contributed by atoms with E-state index in [0.717, 1.165) is 0 Å². The average molecular weight is 417 g/mol. The lowest BCUT2D eigenvalue weighted by molar-refractivity contribution is -0.207. The standard InChI is InChI=1S/C18H23ClF2N4O3/c1-16(2,3)26-6-9-11-12(28-17(4,5)27-11)13(18(9,20)21)25-8-24-10-14(19)22-7-23-15(10)25/h7-9,11-13H,6H2,1-5H3/t9-,11?,12?,13+/m1/s1. The summed E-state index contributed by atoms with van der Waals surface area (Å²) in [5, 5.41) is 0.109. The molecule has 1 aliphatic carbocycles. The van der Waals surface area contributed by atoms with E-state index in [1.54, 1.807) is 13.8 Å². The Labute approximate surface area is 166 Å². The lowest BCUT2D eigenvalue weighted by Crippen LogP contribution is -2.41. The minimum absolute atomic E-state index is 0.109. The van der Waals surface area contributed by atoms with Gasteiger partial charge < -0.3 is 18.8 Å². The third-order valence-electron chi connectivity index (χ3n) is 5.07. The van der Waals surface area contributed by atoms with Crippen molar-refractivity contribution in [3.05, 3.63) is 17.8 Å². The maximum absolute atomic E-state index is 15.6. The fraction of sp³-hybridized carbons (Fsp3) is 0.722. The van der Waals surface area contributed by atoms with Crippen molar-refractivity contribution < 1.29 is 23.0 Å². The molecule has 154 valence electrons. The van der Waals surface area contributed by atoms with Crippen LogP contribution in [-0.4, -0.2) is 55.6 Å². The van der Waals surface area contributed by atoms with Gasteiger partial charge in [-0.15, -0.1) is 0 Å². The molecule has 1 aliphatic heterocycles. The summed E-state index contributed by atoms with van der Waals surface area (Å²) in [6.07, 6.45) is 0.823. The van der Waals surface area contributed by atoms with Crippen molar-refractivity contribution in [3.63, 3.8) is 0 Å². The number of hydrogen-bond acceptors (Lipinski definition) is 6. The topological polar surface area (TPSA) is 71.3 Å². The quantitative estimate of drug-likeness (QED) is 0.712. The molecule has 2 unspecified atom stereocenters. The van der Waals surface area contributed by atoms with Gasteiger partial charge in [0.2, 0.25) is 0 Å². The van der Waals surface area contributed by atoms with E-state index in [-0.39, 0.29) is 22.9 Å². The molecule has 10 heteroatoms. The van der Waals surface area contributed by atoms with Crippen LogP contribution in [0.1, 0.15) is 40.7 Å². The average Bonchev–Trinajstić information content (AvgIpc) is 3.13. The number of hydrogen-bond donors (Lipinski definition) is 0. The molecule has 0 N–H and O–H groups in total. The molecule has 2 aromatic rings. The molecule has 1 saturated heterocycles. The van der Waals surface area contributed by atoms with E-state index in [2.05, 4.69) is 15.0 Å². The molecular weight excluding hydrogens is 394 g/mol. The van der Waals surface area contributed by atoms with E-state index >= 15 is 8.78 Å². The van der Waals surface area contributed by atoms with Gasteiger partial charge in [-0.3, -0.25) is 0 Å². The summed E-state index contributed by atoms with van der Waals surface area (Å²) in [5.41, 5.74) is -0.0561. The fourth-order valence-electron chi connectivity index (χ4n) is 3.95. The van der Waals surface area contributed by atoms with Gasteiger partial charge in [-0.25, -0.2) is 23.7 Å². The lowest BCUT2D eigenvalue weighted by atomic mass is 10.0. The minimum atomic E-state index is -3.18. The van der Waals surface area contributed by atoms with E-state index in [0.29, 0.717) is 0 Å². The van der Waals surface area contributed by atoms with Crippen LogP contribution in [0.25, 0.3) is 11.2 Å². The second-order valence-corrected chi connectivity index (χ2v) is 9.06. The predicted molar refractivity (Wildman–Crippen MR) is 97.3 cm³/mol. The van der Waals surface area contributed by atoms with Crippen molar-refractivity contribution in [2.45, 2.75) is 70.2 Å². The highest BCUT2D eigenvalue weighted by Gasteiger charge is 2.69. The Balaban J connectivity index is 1.78. The minimum Gasteiger partial charge on any atom is -0.375 e. The third kappa shape index (κ3) is 3.18. The van der Waals surface area contributed by atoms with Crippen LogP contribution in [0.15, 0.2) is 12.7 Å². The maximum Gasteiger partial charge on any atom is 0.278 e. The number of halogens is 3. The second kappa shape index (κ2) is 6.29. The highest BCUT2D eigenvalue weighted by Crippen LogP contribution is 2.55.